The lowest BCUT2D eigenvalue weighted by Gasteiger charge is -2.34. The van der Waals surface area contributed by atoms with Crippen LogP contribution < -0.4 is 8.85 Å². The van der Waals surface area contributed by atoms with E-state index in [4.69, 9.17) is 82.6 Å². The minimum Gasteiger partial charge on any atom is -0.518 e. The first kappa shape index (κ1) is 23.5. The summed E-state index contributed by atoms with van der Waals surface area (Å²) in [5, 5.41) is 1.83. The van der Waals surface area contributed by atoms with Crippen molar-refractivity contribution in [3.05, 3.63) is 54.4 Å². The molecule has 0 unspecified atom stereocenters. The van der Waals surface area contributed by atoms with Crippen LogP contribution in [0, 0.1) is 0 Å². The van der Waals surface area contributed by atoms with E-state index in [9.17, 15) is 0 Å². The Labute approximate surface area is 190 Å². The molecule has 148 valence electrons. The number of rotatable bonds is 6. The van der Waals surface area contributed by atoms with Crippen molar-refractivity contribution in [3.8, 4) is 11.5 Å². The number of hydrogen-bond acceptors (Lipinski definition) is 3. The molecule has 0 amide bonds. The highest BCUT2D eigenvalue weighted by Gasteiger charge is 2.40. The SMILES string of the molecule is C[Si](C)(Oc1c(Cl)ccc(Cl)c1Cl)O[Si](C)(C)Oc1c(Cl)ccc(Cl)c1Cl. The van der Waals surface area contributed by atoms with Gasteiger partial charge in [-0.05, 0) is 50.5 Å². The van der Waals surface area contributed by atoms with E-state index in [0.717, 1.165) is 0 Å². The van der Waals surface area contributed by atoms with Crippen molar-refractivity contribution in [2.24, 2.45) is 0 Å². The van der Waals surface area contributed by atoms with Crippen LogP contribution in [0.15, 0.2) is 24.3 Å². The fourth-order valence-electron chi connectivity index (χ4n) is 2.33. The average molecular weight is 525 g/mol. The largest absolute Gasteiger partial charge is 0.518 e. The Morgan fingerprint density at radius 3 is 1.19 bits per heavy atom. The smallest absolute Gasteiger partial charge is 0.384 e. The third kappa shape index (κ3) is 6.08. The predicted molar refractivity (Wildman–Crippen MR) is 120 cm³/mol. The van der Waals surface area contributed by atoms with Gasteiger partial charge in [-0.2, -0.15) is 0 Å². The van der Waals surface area contributed by atoms with Crippen molar-refractivity contribution < 1.29 is 13.0 Å². The molecule has 0 saturated carbocycles. The summed E-state index contributed by atoms with van der Waals surface area (Å²) in [4.78, 5) is 0. The third-order valence-corrected chi connectivity index (χ3v) is 10.7. The van der Waals surface area contributed by atoms with E-state index in [2.05, 4.69) is 0 Å². The Balaban J connectivity index is 2.24. The first-order chi connectivity index (χ1) is 12.3. The molecule has 0 saturated heterocycles. The molecule has 0 bridgehead atoms. The molecule has 0 heterocycles. The fourth-order valence-corrected chi connectivity index (χ4v) is 10.3. The molecule has 0 N–H and O–H groups in total. The molecule has 2 aromatic carbocycles. The summed E-state index contributed by atoms with van der Waals surface area (Å²) in [5.41, 5.74) is 0. The molecule has 0 atom stereocenters. The van der Waals surface area contributed by atoms with E-state index >= 15 is 0 Å². The maximum absolute atomic E-state index is 6.25. The monoisotopic (exact) mass is 522 g/mol. The molecule has 2 aromatic rings. The summed E-state index contributed by atoms with van der Waals surface area (Å²) in [6.45, 7) is 7.39. The van der Waals surface area contributed by atoms with E-state index in [-0.39, 0.29) is 21.5 Å². The Morgan fingerprint density at radius 1 is 0.556 bits per heavy atom. The molecule has 0 spiro atoms. The second-order valence-electron chi connectivity index (χ2n) is 6.45. The molecule has 0 aromatic heterocycles. The number of hydrogen-bond donors (Lipinski definition) is 0. The summed E-state index contributed by atoms with van der Waals surface area (Å²) >= 11 is 36.9. The van der Waals surface area contributed by atoms with Crippen LogP contribution in [0.3, 0.4) is 0 Å². The van der Waals surface area contributed by atoms with Gasteiger partial charge in [0.15, 0.2) is 0 Å². The van der Waals surface area contributed by atoms with Gasteiger partial charge in [-0.1, -0.05) is 69.6 Å². The van der Waals surface area contributed by atoms with Crippen molar-refractivity contribution >= 4 is 86.7 Å². The minimum atomic E-state index is -2.78. The molecule has 0 aliphatic rings. The van der Waals surface area contributed by atoms with Crippen molar-refractivity contribution in [1.29, 1.82) is 0 Å². The van der Waals surface area contributed by atoms with Crippen molar-refractivity contribution in [2.75, 3.05) is 0 Å². The summed E-state index contributed by atoms with van der Waals surface area (Å²) in [5.74, 6) is 0.567. The molecule has 0 fully saturated rings. The molecule has 0 aliphatic carbocycles. The highest BCUT2D eigenvalue weighted by atomic mass is 35.5. The van der Waals surface area contributed by atoms with Gasteiger partial charge in [0.05, 0.1) is 20.1 Å². The van der Waals surface area contributed by atoms with Crippen molar-refractivity contribution in [3.63, 3.8) is 0 Å². The van der Waals surface area contributed by atoms with Crippen LogP contribution in [-0.2, 0) is 4.12 Å². The first-order valence-electron chi connectivity index (χ1n) is 7.68. The molecule has 11 heteroatoms. The second kappa shape index (κ2) is 8.90. The van der Waals surface area contributed by atoms with E-state index < -0.39 is 17.1 Å². The van der Waals surface area contributed by atoms with Gasteiger partial charge < -0.3 is 13.0 Å². The van der Waals surface area contributed by atoms with Gasteiger partial charge in [0.1, 0.15) is 21.5 Å². The van der Waals surface area contributed by atoms with Gasteiger partial charge in [0, 0.05) is 0 Å². The maximum Gasteiger partial charge on any atom is 0.384 e. The number of benzene rings is 2. The Morgan fingerprint density at radius 2 is 0.852 bits per heavy atom. The molecule has 0 aliphatic heterocycles. The van der Waals surface area contributed by atoms with Crippen LogP contribution in [0.5, 0.6) is 11.5 Å². The zero-order valence-corrected chi connectivity index (χ0v) is 21.3. The van der Waals surface area contributed by atoms with Crippen LogP contribution in [-0.4, -0.2) is 17.1 Å². The highest BCUT2D eigenvalue weighted by molar-refractivity contribution is 6.79. The number of halogens is 6. The summed E-state index contributed by atoms with van der Waals surface area (Å²) in [6, 6.07) is 6.42. The van der Waals surface area contributed by atoms with Gasteiger partial charge >= 0.3 is 17.1 Å². The van der Waals surface area contributed by atoms with Crippen LogP contribution >= 0.6 is 69.6 Å². The van der Waals surface area contributed by atoms with Gasteiger partial charge in [-0.15, -0.1) is 0 Å². The molecule has 27 heavy (non-hydrogen) atoms. The zero-order valence-electron chi connectivity index (χ0n) is 14.8. The first-order valence-corrected chi connectivity index (χ1v) is 15.6. The van der Waals surface area contributed by atoms with Gasteiger partial charge in [-0.25, -0.2) is 0 Å². The van der Waals surface area contributed by atoms with Crippen LogP contribution in [0.25, 0.3) is 0 Å². The molecule has 2 rings (SSSR count). The normalized spacial score (nSPS) is 12.2. The van der Waals surface area contributed by atoms with E-state index in [0.29, 0.717) is 20.1 Å². The lowest BCUT2D eigenvalue weighted by molar-refractivity contribution is 0.334. The summed E-state index contributed by atoms with van der Waals surface area (Å²) < 4.78 is 18.3. The van der Waals surface area contributed by atoms with E-state index in [1.54, 1.807) is 24.3 Å². The van der Waals surface area contributed by atoms with Crippen LogP contribution in [0.1, 0.15) is 0 Å². The highest BCUT2D eigenvalue weighted by Crippen LogP contribution is 2.41. The Kier molecular flexibility index (Phi) is 7.73. The predicted octanol–water partition coefficient (Wildman–Crippen LogP) is 8.48. The van der Waals surface area contributed by atoms with Crippen molar-refractivity contribution in [1.82, 2.24) is 0 Å². The van der Waals surface area contributed by atoms with Gasteiger partial charge in [0.2, 0.25) is 0 Å². The quantitative estimate of drug-likeness (QED) is 0.280. The summed E-state index contributed by atoms with van der Waals surface area (Å²) in [6.07, 6.45) is 0. The van der Waals surface area contributed by atoms with E-state index in [1.807, 2.05) is 26.2 Å². The lowest BCUT2D eigenvalue weighted by atomic mass is 10.3. The molecular formula is C16H16Cl6O3Si2. The zero-order chi connectivity index (χ0) is 20.6. The minimum absolute atomic E-state index is 0.231. The lowest BCUT2D eigenvalue weighted by Crippen LogP contribution is -2.52. The standard InChI is InChI=1S/C16H16Cl6O3Si2/c1-26(2,23-15-11(19)7-5-9(17)13(15)21)25-27(3,4)24-16-12(20)8-6-10(18)14(16)22/h5-8H,1-4H3. The molecule has 3 nitrogen and oxygen atoms in total. The molecule has 0 radical (unpaired) electrons. The Hall–Kier alpha value is 0.174. The van der Waals surface area contributed by atoms with E-state index in [1.165, 1.54) is 0 Å². The third-order valence-electron chi connectivity index (χ3n) is 3.19. The average Bonchev–Trinajstić information content (AvgIpc) is 2.54. The van der Waals surface area contributed by atoms with Gasteiger partial charge in [0.25, 0.3) is 0 Å². The second-order valence-corrected chi connectivity index (χ2v) is 15.7. The summed E-state index contributed by atoms with van der Waals surface area (Å²) in [7, 11) is -5.55. The van der Waals surface area contributed by atoms with Crippen molar-refractivity contribution in [2.45, 2.75) is 26.2 Å². The maximum atomic E-state index is 6.25. The van der Waals surface area contributed by atoms with Gasteiger partial charge in [-0.3, -0.25) is 0 Å². The van der Waals surface area contributed by atoms with Crippen LogP contribution in [0.4, 0.5) is 0 Å². The fraction of sp³-hybridized carbons (Fsp3) is 0.250. The van der Waals surface area contributed by atoms with Crippen LogP contribution in [0.2, 0.25) is 56.3 Å². The topological polar surface area (TPSA) is 27.7 Å². The Bertz CT molecular complexity index is 791. The molecular weight excluding hydrogens is 509 g/mol.